The van der Waals surface area contributed by atoms with Crippen LogP contribution in [-0.2, 0) is 4.74 Å². The minimum Gasteiger partial charge on any atom is -0.444 e. The lowest BCUT2D eigenvalue weighted by Gasteiger charge is -2.24. The molecule has 0 aromatic carbocycles. The van der Waals surface area contributed by atoms with Crippen LogP contribution in [0.1, 0.15) is 33.6 Å². The minimum absolute atomic E-state index is 0.243. The molecular weight excluding hydrogens is 246 g/mol. The summed E-state index contributed by atoms with van der Waals surface area (Å²) in [5.74, 6) is 0. The molecule has 0 bridgehead atoms. The zero-order valence-corrected chi connectivity index (χ0v) is 11.1. The normalized spacial score (nSPS) is 11.2. The molecule has 0 aliphatic carbocycles. The average molecular weight is 266 g/mol. The van der Waals surface area contributed by atoms with Crippen molar-refractivity contribution >= 4 is 22.0 Å². The van der Waals surface area contributed by atoms with Gasteiger partial charge in [0.1, 0.15) is 5.60 Å². The van der Waals surface area contributed by atoms with E-state index < -0.39 is 5.60 Å². The fraction of sp³-hybridized carbons (Fsp3) is 0.900. The lowest BCUT2D eigenvalue weighted by molar-refractivity contribution is 0.0297. The first-order valence-corrected chi connectivity index (χ1v) is 5.99. The Kier molecular flexibility index (Phi) is 6.16. The number of hydrogen-bond donors (Lipinski definition) is 0. The molecule has 0 aliphatic rings. The largest absolute Gasteiger partial charge is 0.444 e. The highest BCUT2D eigenvalue weighted by molar-refractivity contribution is 9.09. The van der Waals surface area contributed by atoms with Crippen LogP contribution in [0.2, 0.25) is 0 Å². The Balaban J connectivity index is 3.77. The SMILES string of the molecule is CN(CCCCBr)C(=O)OC(C)(C)C. The second-order valence-electron chi connectivity index (χ2n) is 4.30. The molecular formula is C10H20BrNO2. The van der Waals surface area contributed by atoms with Crippen LogP contribution >= 0.6 is 15.9 Å². The topological polar surface area (TPSA) is 29.5 Å². The Morgan fingerprint density at radius 3 is 2.36 bits per heavy atom. The summed E-state index contributed by atoms with van der Waals surface area (Å²) in [6.45, 7) is 6.37. The Morgan fingerprint density at radius 2 is 1.93 bits per heavy atom. The van der Waals surface area contributed by atoms with Crippen molar-refractivity contribution in [3.8, 4) is 0 Å². The van der Waals surface area contributed by atoms with Crippen molar-refractivity contribution in [1.82, 2.24) is 4.90 Å². The number of carbonyl (C=O) groups is 1. The summed E-state index contributed by atoms with van der Waals surface area (Å²) in [5, 5.41) is 0.981. The molecule has 0 N–H and O–H groups in total. The van der Waals surface area contributed by atoms with Crippen molar-refractivity contribution < 1.29 is 9.53 Å². The monoisotopic (exact) mass is 265 g/mol. The number of alkyl halides is 1. The summed E-state index contributed by atoms with van der Waals surface area (Å²) in [4.78, 5) is 13.1. The van der Waals surface area contributed by atoms with Crippen molar-refractivity contribution in [3.05, 3.63) is 0 Å². The molecule has 0 radical (unpaired) electrons. The molecule has 3 nitrogen and oxygen atoms in total. The van der Waals surface area contributed by atoms with Gasteiger partial charge in [-0.05, 0) is 33.6 Å². The average Bonchev–Trinajstić information content (AvgIpc) is 2.01. The molecule has 0 aromatic rings. The van der Waals surface area contributed by atoms with E-state index in [2.05, 4.69) is 15.9 Å². The maximum atomic E-state index is 11.4. The summed E-state index contributed by atoms with van der Waals surface area (Å²) in [6.07, 6.45) is 1.83. The standard InChI is InChI=1S/C10H20BrNO2/c1-10(2,3)14-9(13)12(4)8-6-5-7-11/h5-8H2,1-4H3. The number of ether oxygens (including phenoxy) is 1. The maximum absolute atomic E-state index is 11.4. The van der Waals surface area contributed by atoms with Crippen LogP contribution in [0, 0.1) is 0 Å². The molecule has 0 aromatic heterocycles. The predicted octanol–water partition coefficient (Wildman–Crippen LogP) is 3.03. The van der Waals surface area contributed by atoms with Gasteiger partial charge in [0, 0.05) is 18.9 Å². The molecule has 84 valence electrons. The maximum Gasteiger partial charge on any atom is 0.410 e. The van der Waals surface area contributed by atoms with Crippen LogP contribution in [0.4, 0.5) is 4.79 Å². The van der Waals surface area contributed by atoms with E-state index in [1.54, 1.807) is 11.9 Å². The van der Waals surface area contributed by atoms with Gasteiger partial charge in [0.2, 0.25) is 0 Å². The summed E-state index contributed by atoms with van der Waals surface area (Å²) in [6, 6.07) is 0. The van der Waals surface area contributed by atoms with Crippen molar-refractivity contribution in [2.75, 3.05) is 18.9 Å². The van der Waals surface area contributed by atoms with Crippen LogP contribution in [-0.4, -0.2) is 35.5 Å². The van der Waals surface area contributed by atoms with Crippen LogP contribution < -0.4 is 0 Å². The number of rotatable bonds is 4. The molecule has 0 aliphatic heterocycles. The number of amides is 1. The molecule has 0 rings (SSSR count). The first-order chi connectivity index (χ1) is 6.37. The van der Waals surface area contributed by atoms with Gasteiger partial charge in [0.15, 0.2) is 0 Å². The fourth-order valence-corrected chi connectivity index (χ4v) is 1.27. The number of nitrogens with zero attached hydrogens (tertiary/aromatic N) is 1. The second-order valence-corrected chi connectivity index (χ2v) is 5.09. The number of hydrogen-bond acceptors (Lipinski definition) is 2. The van der Waals surface area contributed by atoms with Crippen molar-refractivity contribution in [1.29, 1.82) is 0 Å². The van der Waals surface area contributed by atoms with E-state index in [4.69, 9.17) is 4.74 Å². The summed E-state index contributed by atoms with van der Waals surface area (Å²) >= 11 is 3.35. The van der Waals surface area contributed by atoms with Gasteiger partial charge in [-0.25, -0.2) is 4.79 Å². The highest BCUT2D eigenvalue weighted by atomic mass is 79.9. The fourth-order valence-electron chi connectivity index (χ4n) is 0.875. The Morgan fingerprint density at radius 1 is 1.36 bits per heavy atom. The van der Waals surface area contributed by atoms with Crippen LogP contribution in [0.15, 0.2) is 0 Å². The molecule has 0 saturated heterocycles. The highest BCUT2D eigenvalue weighted by Crippen LogP contribution is 2.09. The molecule has 0 saturated carbocycles. The van der Waals surface area contributed by atoms with E-state index >= 15 is 0 Å². The lowest BCUT2D eigenvalue weighted by atomic mass is 10.2. The quantitative estimate of drug-likeness (QED) is 0.578. The van der Waals surface area contributed by atoms with E-state index in [0.717, 1.165) is 24.7 Å². The third kappa shape index (κ3) is 7.18. The van der Waals surface area contributed by atoms with Crippen molar-refractivity contribution in [2.45, 2.75) is 39.2 Å². The highest BCUT2D eigenvalue weighted by Gasteiger charge is 2.18. The number of carbonyl (C=O) groups excluding carboxylic acids is 1. The number of halogens is 1. The second kappa shape index (κ2) is 6.27. The van der Waals surface area contributed by atoms with Gasteiger partial charge in [-0.15, -0.1) is 0 Å². The third-order valence-electron chi connectivity index (χ3n) is 1.58. The van der Waals surface area contributed by atoms with Crippen molar-refractivity contribution in [3.63, 3.8) is 0 Å². The molecule has 0 unspecified atom stereocenters. The summed E-state index contributed by atoms with van der Waals surface area (Å²) in [7, 11) is 1.77. The molecule has 1 amide bonds. The van der Waals surface area contributed by atoms with Gasteiger partial charge < -0.3 is 9.64 Å². The van der Waals surface area contributed by atoms with Crippen LogP contribution in [0.25, 0.3) is 0 Å². The van der Waals surface area contributed by atoms with Gasteiger partial charge in [0.05, 0.1) is 0 Å². The van der Waals surface area contributed by atoms with Gasteiger partial charge in [-0.3, -0.25) is 0 Å². The smallest absolute Gasteiger partial charge is 0.410 e. The van der Waals surface area contributed by atoms with Gasteiger partial charge in [0.25, 0.3) is 0 Å². The Hall–Kier alpha value is -0.250. The molecule has 0 atom stereocenters. The Bertz CT molecular complexity index is 177. The predicted molar refractivity (Wildman–Crippen MR) is 61.9 cm³/mol. The van der Waals surface area contributed by atoms with Crippen LogP contribution in [0.3, 0.4) is 0 Å². The molecule has 0 fully saturated rings. The zero-order chi connectivity index (χ0) is 11.2. The molecule has 14 heavy (non-hydrogen) atoms. The van der Waals surface area contributed by atoms with E-state index in [9.17, 15) is 4.79 Å². The lowest BCUT2D eigenvalue weighted by Crippen LogP contribution is -2.34. The van der Waals surface area contributed by atoms with Gasteiger partial charge in [-0.1, -0.05) is 15.9 Å². The first-order valence-electron chi connectivity index (χ1n) is 4.87. The van der Waals surface area contributed by atoms with Crippen LogP contribution in [0.5, 0.6) is 0 Å². The van der Waals surface area contributed by atoms with Crippen molar-refractivity contribution in [2.24, 2.45) is 0 Å². The van der Waals surface area contributed by atoms with E-state index in [1.807, 2.05) is 20.8 Å². The third-order valence-corrected chi connectivity index (χ3v) is 2.14. The molecule has 0 heterocycles. The first kappa shape index (κ1) is 13.8. The summed E-state index contributed by atoms with van der Waals surface area (Å²) < 4.78 is 5.21. The van der Waals surface area contributed by atoms with E-state index in [0.29, 0.717) is 0 Å². The summed E-state index contributed by atoms with van der Waals surface area (Å²) in [5.41, 5.74) is -0.402. The van der Waals surface area contributed by atoms with Gasteiger partial charge >= 0.3 is 6.09 Å². The zero-order valence-electron chi connectivity index (χ0n) is 9.47. The van der Waals surface area contributed by atoms with E-state index in [1.165, 1.54) is 0 Å². The van der Waals surface area contributed by atoms with Gasteiger partial charge in [-0.2, -0.15) is 0 Å². The number of unbranched alkanes of at least 4 members (excludes halogenated alkanes) is 1. The minimum atomic E-state index is -0.402. The van der Waals surface area contributed by atoms with E-state index in [-0.39, 0.29) is 6.09 Å². The Labute approximate surface area is 94.9 Å². The molecule has 4 heteroatoms. The molecule has 0 spiro atoms.